The van der Waals surface area contributed by atoms with Crippen LogP contribution in [0.3, 0.4) is 0 Å². The van der Waals surface area contributed by atoms with Crippen molar-refractivity contribution in [3.63, 3.8) is 0 Å². The Bertz CT molecular complexity index is 342. The Kier molecular flexibility index (Phi) is 4.55. The zero-order chi connectivity index (χ0) is 11.3. The summed E-state index contributed by atoms with van der Waals surface area (Å²) >= 11 is 3.26. The first-order valence-corrected chi connectivity index (χ1v) is 5.34. The first kappa shape index (κ1) is 12.0. The second-order valence-corrected chi connectivity index (χ2v) is 3.93. The van der Waals surface area contributed by atoms with Gasteiger partial charge in [-0.3, -0.25) is 4.79 Å². The Morgan fingerprint density at radius 1 is 1.60 bits per heavy atom. The topological polar surface area (TPSA) is 42.4 Å². The zero-order valence-corrected chi connectivity index (χ0v) is 10.3. The Labute approximate surface area is 97.4 Å². The number of carbonyl (C=O) groups is 1. The van der Waals surface area contributed by atoms with Gasteiger partial charge in [0.05, 0.1) is 13.0 Å². The van der Waals surface area contributed by atoms with Gasteiger partial charge in [0.25, 0.3) is 0 Å². The first-order valence-electron chi connectivity index (χ1n) is 4.54. The van der Waals surface area contributed by atoms with Crippen LogP contribution >= 0.6 is 15.9 Å². The van der Waals surface area contributed by atoms with Gasteiger partial charge in [-0.2, -0.15) is 0 Å². The number of carbonyl (C=O) groups excluding carboxylic acids is 1. The van der Waals surface area contributed by atoms with E-state index in [4.69, 9.17) is 4.74 Å². The maximum absolute atomic E-state index is 11.2. The van der Waals surface area contributed by atoms with E-state index in [1.54, 1.807) is 37.3 Å². The predicted molar refractivity (Wildman–Crippen MR) is 60.7 cm³/mol. The van der Waals surface area contributed by atoms with E-state index < -0.39 is 0 Å². The van der Waals surface area contributed by atoms with E-state index in [1.165, 1.54) is 0 Å². The van der Waals surface area contributed by atoms with Crippen LogP contribution in [0.25, 0.3) is 0 Å². The minimum Gasteiger partial charge on any atom is -0.490 e. The molecule has 1 heterocycles. The van der Waals surface area contributed by atoms with Crippen LogP contribution in [0.4, 0.5) is 0 Å². The lowest BCUT2D eigenvalue weighted by Gasteiger charge is -2.11. The third-order valence-electron chi connectivity index (χ3n) is 1.80. The molecule has 0 fully saturated rings. The highest BCUT2D eigenvalue weighted by atomic mass is 79.9. The van der Waals surface area contributed by atoms with Crippen molar-refractivity contribution in [3.8, 4) is 5.75 Å². The zero-order valence-electron chi connectivity index (χ0n) is 8.74. The number of halogens is 1. The maximum atomic E-state index is 11.2. The quantitative estimate of drug-likeness (QED) is 0.784. The van der Waals surface area contributed by atoms with Gasteiger partial charge in [0.1, 0.15) is 4.60 Å². The van der Waals surface area contributed by atoms with Crippen molar-refractivity contribution in [1.29, 1.82) is 0 Å². The van der Waals surface area contributed by atoms with E-state index in [0.717, 1.165) is 0 Å². The van der Waals surface area contributed by atoms with Crippen LogP contribution in [-0.2, 0) is 4.79 Å². The molecule has 0 saturated heterocycles. The molecule has 5 heteroatoms. The number of pyridine rings is 1. The molecule has 1 aromatic heterocycles. The normalized spacial score (nSPS) is 9.80. The average molecular weight is 273 g/mol. The molecule has 1 amide bonds. The summed E-state index contributed by atoms with van der Waals surface area (Å²) in [5.74, 6) is 0.707. The Morgan fingerprint density at radius 2 is 2.33 bits per heavy atom. The van der Waals surface area contributed by atoms with Crippen molar-refractivity contribution in [2.24, 2.45) is 0 Å². The summed E-state index contributed by atoms with van der Waals surface area (Å²) in [6.07, 6.45) is 2.04. The van der Waals surface area contributed by atoms with Crippen LogP contribution in [0, 0.1) is 0 Å². The number of nitrogens with zero attached hydrogens (tertiary/aromatic N) is 2. The van der Waals surface area contributed by atoms with Crippen LogP contribution in [0.5, 0.6) is 5.75 Å². The molecule has 0 aliphatic rings. The van der Waals surface area contributed by atoms with Crippen molar-refractivity contribution < 1.29 is 9.53 Å². The highest BCUT2D eigenvalue weighted by Gasteiger charge is 2.05. The lowest BCUT2D eigenvalue weighted by molar-refractivity contribution is -0.129. The van der Waals surface area contributed by atoms with Gasteiger partial charge < -0.3 is 9.64 Å². The van der Waals surface area contributed by atoms with E-state index in [0.29, 0.717) is 23.4 Å². The third kappa shape index (κ3) is 3.87. The molecule has 0 bridgehead atoms. The van der Waals surface area contributed by atoms with Crippen LogP contribution < -0.4 is 4.74 Å². The molecular formula is C10H13BrN2O2. The highest BCUT2D eigenvalue weighted by Crippen LogP contribution is 2.20. The van der Waals surface area contributed by atoms with Crippen LogP contribution in [0.2, 0.25) is 0 Å². The molecule has 15 heavy (non-hydrogen) atoms. The van der Waals surface area contributed by atoms with Gasteiger partial charge in [0.2, 0.25) is 5.91 Å². The number of rotatable bonds is 4. The summed E-state index contributed by atoms with van der Waals surface area (Å²) in [7, 11) is 3.45. The van der Waals surface area contributed by atoms with Crippen molar-refractivity contribution in [1.82, 2.24) is 9.88 Å². The fraction of sp³-hybridized carbons (Fsp3) is 0.400. The molecule has 0 atom stereocenters. The van der Waals surface area contributed by atoms with Gasteiger partial charge in [0.15, 0.2) is 5.75 Å². The van der Waals surface area contributed by atoms with Gasteiger partial charge in [-0.1, -0.05) is 0 Å². The lowest BCUT2D eigenvalue weighted by atomic mass is 10.4. The predicted octanol–water partition coefficient (Wildman–Crippen LogP) is 1.70. The molecule has 0 aliphatic heterocycles. The molecule has 0 saturated carbocycles. The smallest absolute Gasteiger partial charge is 0.225 e. The van der Waals surface area contributed by atoms with Gasteiger partial charge in [-0.05, 0) is 28.1 Å². The summed E-state index contributed by atoms with van der Waals surface area (Å²) in [5.41, 5.74) is 0. The van der Waals surface area contributed by atoms with Crippen molar-refractivity contribution >= 4 is 21.8 Å². The second-order valence-electron chi connectivity index (χ2n) is 3.18. The maximum Gasteiger partial charge on any atom is 0.225 e. The largest absolute Gasteiger partial charge is 0.490 e. The summed E-state index contributed by atoms with van der Waals surface area (Å²) in [4.78, 5) is 16.8. The second kappa shape index (κ2) is 5.70. The molecule has 0 aromatic carbocycles. The summed E-state index contributed by atoms with van der Waals surface area (Å²) < 4.78 is 6.06. The fourth-order valence-corrected chi connectivity index (χ4v) is 1.32. The summed E-state index contributed by atoms with van der Waals surface area (Å²) in [6, 6.07) is 3.59. The number of aromatic nitrogens is 1. The van der Waals surface area contributed by atoms with E-state index in [2.05, 4.69) is 20.9 Å². The Morgan fingerprint density at radius 3 is 2.93 bits per heavy atom. The van der Waals surface area contributed by atoms with E-state index in [1.807, 2.05) is 0 Å². The summed E-state index contributed by atoms with van der Waals surface area (Å²) in [6.45, 7) is 0.362. The minimum absolute atomic E-state index is 0.0509. The molecule has 1 rings (SSSR count). The molecule has 0 unspecified atom stereocenters. The number of hydrogen-bond donors (Lipinski definition) is 0. The number of hydrogen-bond acceptors (Lipinski definition) is 3. The van der Waals surface area contributed by atoms with Crippen LogP contribution in [-0.4, -0.2) is 36.5 Å². The molecule has 1 aromatic rings. The summed E-state index contributed by atoms with van der Waals surface area (Å²) in [5, 5.41) is 0. The van der Waals surface area contributed by atoms with Gasteiger partial charge >= 0.3 is 0 Å². The van der Waals surface area contributed by atoms with Gasteiger partial charge in [-0.25, -0.2) is 4.98 Å². The Balaban J connectivity index is 2.38. The molecule has 0 spiro atoms. The molecular weight excluding hydrogens is 260 g/mol. The highest BCUT2D eigenvalue weighted by molar-refractivity contribution is 9.10. The van der Waals surface area contributed by atoms with Crippen molar-refractivity contribution in [2.45, 2.75) is 6.42 Å². The van der Waals surface area contributed by atoms with E-state index >= 15 is 0 Å². The average Bonchev–Trinajstić information content (AvgIpc) is 2.20. The molecule has 0 N–H and O–H groups in total. The van der Waals surface area contributed by atoms with E-state index in [9.17, 15) is 4.79 Å². The third-order valence-corrected chi connectivity index (χ3v) is 2.39. The number of amides is 1. The van der Waals surface area contributed by atoms with Gasteiger partial charge in [0, 0.05) is 20.3 Å². The Hall–Kier alpha value is -1.10. The monoisotopic (exact) mass is 272 g/mol. The first-order chi connectivity index (χ1) is 7.11. The van der Waals surface area contributed by atoms with E-state index in [-0.39, 0.29) is 5.91 Å². The molecule has 82 valence electrons. The van der Waals surface area contributed by atoms with Crippen LogP contribution in [0.15, 0.2) is 22.9 Å². The molecule has 0 aliphatic carbocycles. The minimum atomic E-state index is 0.0509. The number of ether oxygens (including phenoxy) is 1. The van der Waals surface area contributed by atoms with Gasteiger partial charge in [-0.15, -0.1) is 0 Å². The van der Waals surface area contributed by atoms with Crippen molar-refractivity contribution in [3.05, 3.63) is 22.9 Å². The fourth-order valence-electron chi connectivity index (χ4n) is 0.951. The lowest BCUT2D eigenvalue weighted by Crippen LogP contribution is -2.23. The van der Waals surface area contributed by atoms with Crippen LogP contribution in [0.1, 0.15) is 6.42 Å². The molecule has 4 nitrogen and oxygen atoms in total. The van der Waals surface area contributed by atoms with Crippen molar-refractivity contribution in [2.75, 3.05) is 20.7 Å². The standard InChI is InChI=1S/C10H13BrN2O2/c1-13(2)9(14)5-7-15-8-4-3-6-12-10(8)11/h3-4,6H,5,7H2,1-2H3. The molecule has 0 radical (unpaired) electrons. The SMILES string of the molecule is CN(C)C(=O)CCOc1cccnc1Br.